The number of hydrogen-bond acceptors (Lipinski definition) is 3. The molecular formula is C12H14BrN3. The summed E-state index contributed by atoms with van der Waals surface area (Å²) in [6, 6.07) is 8.19. The molecule has 0 spiro atoms. The van der Waals surface area contributed by atoms with Crippen molar-refractivity contribution in [1.82, 2.24) is 4.98 Å². The molecule has 4 heteroatoms. The van der Waals surface area contributed by atoms with Crippen molar-refractivity contribution in [1.29, 1.82) is 0 Å². The molecule has 16 heavy (non-hydrogen) atoms. The summed E-state index contributed by atoms with van der Waals surface area (Å²) in [6.45, 7) is 2.69. The molecule has 3 nitrogen and oxygen atoms in total. The van der Waals surface area contributed by atoms with E-state index in [9.17, 15) is 0 Å². The summed E-state index contributed by atoms with van der Waals surface area (Å²) in [6.07, 6.45) is 1.80. The minimum Gasteiger partial charge on any atom is -0.368 e. The van der Waals surface area contributed by atoms with Gasteiger partial charge >= 0.3 is 0 Å². The third kappa shape index (κ3) is 2.33. The van der Waals surface area contributed by atoms with Crippen LogP contribution in [0.5, 0.6) is 0 Å². The van der Waals surface area contributed by atoms with E-state index in [-0.39, 0.29) is 6.04 Å². The number of pyridine rings is 1. The lowest BCUT2D eigenvalue weighted by Crippen LogP contribution is -2.25. The molecule has 1 heterocycles. The van der Waals surface area contributed by atoms with Gasteiger partial charge in [0.05, 0.1) is 0 Å². The fourth-order valence-electron chi connectivity index (χ4n) is 1.57. The average molecular weight is 280 g/mol. The molecule has 84 valence electrons. The van der Waals surface area contributed by atoms with Crippen molar-refractivity contribution in [3.05, 3.63) is 34.9 Å². The molecule has 0 fully saturated rings. The summed E-state index contributed by atoms with van der Waals surface area (Å²) >= 11 is 3.53. The molecule has 0 radical (unpaired) electrons. The summed E-state index contributed by atoms with van der Waals surface area (Å²) in [5.41, 5.74) is 5.71. The monoisotopic (exact) mass is 279 g/mol. The summed E-state index contributed by atoms with van der Waals surface area (Å²) in [5.74, 6) is 0.885. The smallest absolute Gasteiger partial charge is 0.133 e. The van der Waals surface area contributed by atoms with Crippen LogP contribution in [0, 0.1) is 0 Å². The van der Waals surface area contributed by atoms with E-state index in [1.54, 1.807) is 6.20 Å². The highest BCUT2D eigenvalue weighted by Crippen LogP contribution is 2.27. The van der Waals surface area contributed by atoms with Crippen LogP contribution in [0.3, 0.4) is 0 Å². The van der Waals surface area contributed by atoms with Gasteiger partial charge in [-0.3, -0.25) is 0 Å². The van der Waals surface area contributed by atoms with Crippen molar-refractivity contribution in [3.63, 3.8) is 0 Å². The number of benzene rings is 1. The zero-order valence-corrected chi connectivity index (χ0v) is 10.7. The average Bonchev–Trinajstić information content (AvgIpc) is 2.27. The van der Waals surface area contributed by atoms with E-state index in [1.807, 2.05) is 25.1 Å². The van der Waals surface area contributed by atoms with Gasteiger partial charge < -0.3 is 11.1 Å². The second-order valence-electron chi connectivity index (χ2n) is 3.85. The van der Waals surface area contributed by atoms with Crippen LogP contribution < -0.4 is 11.1 Å². The van der Waals surface area contributed by atoms with Gasteiger partial charge in [-0.2, -0.15) is 0 Å². The largest absolute Gasteiger partial charge is 0.368 e. The third-order valence-corrected chi connectivity index (χ3v) is 3.04. The fraction of sp³-hybridized carbons (Fsp3) is 0.250. The van der Waals surface area contributed by atoms with E-state index < -0.39 is 0 Å². The van der Waals surface area contributed by atoms with Gasteiger partial charge in [0.15, 0.2) is 0 Å². The second-order valence-corrected chi connectivity index (χ2v) is 4.71. The van der Waals surface area contributed by atoms with Crippen molar-refractivity contribution in [2.24, 2.45) is 5.73 Å². The van der Waals surface area contributed by atoms with Crippen LogP contribution in [-0.4, -0.2) is 17.6 Å². The van der Waals surface area contributed by atoms with Gasteiger partial charge in [0.2, 0.25) is 0 Å². The Morgan fingerprint density at radius 1 is 1.38 bits per heavy atom. The quantitative estimate of drug-likeness (QED) is 0.909. The molecule has 1 aromatic heterocycles. The van der Waals surface area contributed by atoms with E-state index in [2.05, 4.69) is 32.3 Å². The first-order valence-electron chi connectivity index (χ1n) is 5.21. The molecule has 1 atom stereocenters. The maximum Gasteiger partial charge on any atom is 0.133 e. The Morgan fingerprint density at radius 2 is 2.19 bits per heavy atom. The van der Waals surface area contributed by atoms with Crippen LogP contribution in [0.25, 0.3) is 10.8 Å². The molecule has 1 unspecified atom stereocenters. The molecule has 0 saturated heterocycles. The molecule has 2 aromatic rings. The van der Waals surface area contributed by atoms with Gasteiger partial charge in [0.1, 0.15) is 5.82 Å². The van der Waals surface area contributed by atoms with Crippen molar-refractivity contribution >= 4 is 32.5 Å². The van der Waals surface area contributed by atoms with Crippen molar-refractivity contribution < 1.29 is 0 Å². The number of halogens is 1. The Kier molecular flexibility index (Phi) is 3.41. The Balaban J connectivity index is 2.42. The van der Waals surface area contributed by atoms with Crippen LogP contribution in [-0.2, 0) is 0 Å². The molecule has 1 aromatic carbocycles. The lowest BCUT2D eigenvalue weighted by molar-refractivity contribution is 0.778. The number of aromatic nitrogens is 1. The molecule has 3 N–H and O–H groups in total. The Bertz CT molecular complexity index is 497. The van der Waals surface area contributed by atoms with Crippen LogP contribution in [0.4, 0.5) is 5.82 Å². The lowest BCUT2D eigenvalue weighted by Gasteiger charge is -2.11. The van der Waals surface area contributed by atoms with Gasteiger partial charge in [0.25, 0.3) is 0 Å². The fourth-order valence-corrected chi connectivity index (χ4v) is 2.07. The minimum absolute atomic E-state index is 0.115. The first kappa shape index (κ1) is 11.4. The van der Waals surface area contributed by atoms with Gasteiger partial charge in [0, 0.05) is 34.0 Å². The van der Waals surface area contributed by atoms with E-state index in [4.69, 9.17) is 5.73 Å². The third-order valence-electron chi connectivity index (χ3n) is 2.34. The maximum atomic E-state index is 5.71. The number of hydrogen-bond donors (Lipinski definition) is 2. The van der Waals surface area contributed by atoms with Gasteiger partial charge in [-0.05, 0) is 19.1 Å². The molecule has 2 rings (SSSR count). The number of nitrogens with two attached hydrogens (primary N) is 1. The SMILES string of the molecule is CC(N)CNc1nccc2c(Br)cccc12. The maximum absolute atomic E-state index is 5.71. The predicted octanol–water partition coefficient (Wildman–Crippen LogP) is 2.76. The molecule has 0 aliphatic rings. The molecule has 0 aliphatic carbocycles. The zero-order chi connectivity index (χ0) is 11.5. The number of nitrogens with zero attached hydrogens (tertiary/aromatic N) is 1. The van der Waals surface area contributed by atoms with Crippen molar-refractivity contribution in [2.75, 3.05) is 11.9 Å². The van der Waals surface area contributed by atoms with Crippen LogP contribution in [0.15, 0.2) is 34.9 Å². The minimum atomic E-state index is 0.115. The van der Waals surface area contributed by atoms with Crippen molar-refractivity contribution in [2.45, 2.75) is 13.0 Å². The topological polar surface area (TPSA) is 50.9 Å². The van der Waals surface area contributed by atoms with E-state index in [0.29, 0.717) is 0 Å². The highest BCUT2D eigenvalue weighted by Gasteiger charge is 2.04. The molecule has 0 aliphatic heterocycles. The number of rotatable bonds is 3. The first-order chi connectivity index (χ1) is 7.68. The van der Waals surface area contributed by atoms with Crippen LogP contribution >= 0.6 is 15.9 Å². The standard InChI is InChI=1S/C12H14BrN3/c1-8(14)7-16-12-10-3-2-4-11(13)9(10)5-6-15-12/h2-6,8H,7,14H2,1H3,(H,15,16). The second kappa shape index (κ2) is 4.80. The molecular weight excluding hydrogens is 266 g/mol. The summed E-state index contributed by atoms with van der Waals surface area (Å²) < 4.78 is 1.08. The first-order valence-corrected chi connectivity index (χ1v) is 6.00. The Hall–Kier alpha value is -1.13. The molecule has 0 amide bonds. The predicted molar refractivity (Wildman–Crippen MR) is 71.6 cm³/mol. The number of fused-ring (bicyclic) bond motifs is 1. The molecule has 0 saturated carbocycles. The van der Waals surface area contributed by atoms with E-state index in [0.717, 1.165) is 27.6 Å². The summed E-state index contributed by atoms with van der Waals surface area (Å²) in [5, 5.41) is 5.52. The number of anilines is 1. The van der Waals surface area contributed by atoms with E-state index >= 15 is 0 Å². The highest BCUT2D eigenvalue weighted by atomic mass is 79.9. The van der Waals surface area contributed by atoms with Crippen molar-refractivity contribution in [3.8, 4) is 0 Å². The Labute approximate surface area is 103 Å². The normalized spacial score (nSPS) is 12.7. The van der Waals surface area contributed by atoms with Gasteiger partial charge in [-0.25, -0.2) is 4.98 Å². The van der Waals surface area contributed by atoms with Gasteiger partial charge in [-0.15, -0.1) is 0 Å². The summed E-state index contributed by atoms with van der Waals surface area (Å²) in [7, 11) is 0. The summed E-state index contributed by atoms with van der Waals surface area (Å²) in [4.78, 5) is 4.33. The van der Waals surface area contributed by atoms with Crippen LogP contribution in [0.2, 0.25) is 0 Å². The van der Waals surface area contributed by atoms with Crippen LogP contribution in [0.1, 0.15) is 6.92 Å². The lowest BCUT2D eigenvalue weighted by atomic mass is 10.1. The highest BCUT2D eigenvalue weighted by molar-refractivity contribution is 9.10. The molecule has 0 bridgehead atoms. The van der Waals surface area contributed by atoms with Gasteiger partial charge in [-0.1, -0.05) is 28.1 Å². The van der Waals surface area contributed by atoms with E-state index in [1.165, 1.54) is 0 Å². The Morgan fingerprint density at radius 3 is 2.94 bits per heavy atom. The zero-order valence-electron chi connectivity index (χ0n) is 9.07. The number of nitrogens with one attached hydrogen (secondary N) is 1.